The first-order valence-electron chi connectivity index (χ1n) is 6.64. The number of carbonyl (C=O) groups excluding carboxylic acids is 2. The van der Waals surface area contributed by atoms with Crippen LogP contribution in [0.3, 0.4) is 0 Å². The van der Waals surface area contributed by atoms with Crippen molar-refractivity contribution < 1.29 is 9.59 Å². The molecule has 2 N–H and O–H groups in total. The summed E-state index contributed by atoms with van der Waals surface area (Å²) in [6.45, 7) is 6.26. The Bertz CT molecular complexity index is 642. The molecule has 2 aromatic rings. The zero-order valence-corrected chi connectivity index (χ0v) is 13.1. The van der Waals surface area contributed by atoms with Crippen LogP contribution < -0.4 is 10.6 Å². The van der Waals surface area contributed by atoms with Crippen LogP contribution in [0.15, 0.2) is 42.5 Å². The molecule has 2 rings (SSSR count). The summed E-state index contributed by atoms with van der Waals surface area (Å²) in [5.41, 5.74) is 0.638. The summed E-state index contributed by atoms with van der Waals surface area (Å²) in [4.78, 5) is 25.4. The fourth-order valence-electron chi connectivity index (χ4n) is 1.71. The van der Waals surface area contributed by atoms with Crippen molar-refractivity contribution in [2.75, 3.05) is 5.32 Å². The highest BCUT2D eigenvalue weighted by Crippen LogP contribution is 2.29. The van der Waals surface area contributed by atoms with Crippen molar-refractivity contribution in [1.82, 2.24) is 5.32 Å². The lowest BCUT2D eigenvalue weighted by molar-refractivity contribution is 0.0971. The molecular weight excluding hydrogens is 284 g/mol. The van der Waals surface area contributed by atoms with E-state index in [0.717, 1.165) is 4.88 Å². The number of imide groups is 1. The first-order chi connectivity index (χ1) is 9.86. The number of benzene rings is 1. The van der Waals surface area contributed by atoms with Crippen LogP contribution in [0.25, 0.3) is 0 Å². The molecule has 0 aliphatic rings. The Hall–Kier alpha value is -2.14. The van der Waals surface area contributed by atoms with Gasteiger partial charge in [-0.2, -0.15) is 0 Å². The summed E-state index contributed by atoms with van der Waals surface area (Å²) < 4.78 is 0. The Labute approximate surface area is 128 Å². The monoisotopic (exact) mass is 302 g/mol. The Balaban J connectivity index is 1.98. The van der Waals surface area contributed by atoms with Crippen molar-refractivity contribution in [2.45, 2.75) is 26.2 Å². The lowest BCUT2D eigenvalue weighted by atomic mass is 9.95. The number of thiophene rings is 1. The fraction of sp³-hybridized carbons (Fsp3) is 0.250. The summed E-state index contributed by atoms with van der Waals surface area (Å²) in [5, 5.41) is 4.94. The van der Waals surface area contributed by atoms with Gasteiger partial charge in [-0.3, -0.25) is 10.1 Å². The van der Waals surface area contributed by atoms with Crippen molar-refractivity contribution in [3.05, 3.63) is 52.2 Å². The summed E-state index contributed by atoms with van der Waals surface area (Å²) in [7, 11) is 0. The largest absolute Gasteiger partial charge is 0.326 e. The van der Waals surface area contributed by atoms with E-state index in [4.69, 9.17) is 0 Å². The maximum Gasteiger partial charge on any atom is 0.326 e. The SMILES string of the molecule is CC(C)(C)c1ccc(C(=O)NC(=O)Nc2ccccc2)s1. The van der Waals surface area contributed by atoms with Gasteiger partial charge in [0.05, 0.1) is 4.88 Å². The van der Waals surface area contributed by atoms with Gasteiger partial charge in [-0.1, -0.05) is 39.0 Å². The lowest BCUT2D eigenvalue weighted by Crippen LogP contribution is -2.33. The van der Waals surface area contributed by atoms with E-state index >= 15 is 0 Å². The van der Waals surface area contributed by atoms with E-state index in [1.807, 2.05) is 24.3 Å². The Morgan fingerprint density at radius 2 is 1.67 bits per heavy atom. The predicted octanol–water partition coefficient (Wildman–Crippen LogP) is 4.01. The molecule has 3 amide bonds. The van der Waals surface area contributed by atoms with Crippen molar-refractivity contribution in [2.24, 2.45) is 0 Å². The third kappa shape index (κ3) is 4.16. The number of nitrogens with one attached hydrogen (secondary N) is 2. The van der Waals surface area contributed by atoms with Crippen LogP contribution in [-0.4, -0.2) is 11.9 Å². The standard InChI is InChI=1S/C16H18N2O2S/c1-16(2,3)13-10-9-12(21-13)14(19)18-15(20)17-11-7-5-4-6-8-11/h4-10H,1-3H3,(H2,17,18,19,20). The van der Waals surface area contributed by atoms with Gasteiger partial charge in [0, 0.05) is 10.6 Å². The molecule has 0 saturated carbocycles. The number of hydrogen-bond donors (Lipinski definition) is 2. The first kappa shape index (κ1) is 15.3. The maximum atomic E-state index is 12.0. The van der Waals surface area contributed by atoms with E-state index in [1.165, 1.54) is 11.3 Å². The second kappa shape index (κ2) is 6.10. The van der Waals surface area contributed by atoms with Crippen molar-refractivity contribution in [3.63, 3.8) is 0 Å². The van der Waals surface area contributed by atoms with Gasteiger partial charge in [0.15, 0.2) is 0 Å². The van der Waals surface area contributed by atoms with E-state index in [0.29, 0.717) is 10.6 Å². The summed E-state index contributed by atoms with van der Waals surface area (Å²) in [5.74, 6) is -0.385. The molecule has 4 nitrogen and oxygen atoms in total. The molecule has 1 aromatic heterocycles. The molecule has 0 unspecified atom stereocenters. The maximum absolute atomic E-state index is 12.0. The van der Waals surface area contributed by atoms with Crippen LogP contribution in [0.4, 0.5) is 10.5 Å². The van der Waals surface area contributed by atoms with Crippen LogP contribution in [-0.2, 0) is 5.41 Å². The Morgan fingerprint density at radius 1 is 1.00 bits per heavy atom. The highest BCUT2D eigenvalue weighted by molar-refractivity contribution is 7.14. The number of carbonyl (C=O) groups is 2. The highest BCUT2D eigenvalue weighted by atomic mass is 32.1. The molecule has 0 radical (unpaired) electrons. The quantitative estimate of drug-likeness (QED) is 0.880. The summed E-state index contributed by atoms with van der Waals surface area (Å²) in [6.07, 6.45) is 0. The van der Waals surface area contributed by atoms with Gasteiger partial charge < -0.3 is 5.32 Å². The first-order valence-corrected chi connectivity index (χ1v) is 7.45. The van der Waals surface area contributed by atoms with Gasteiger partial charge in [0.1, 0.15) is 0 Å². The van der Waals surface area contributed by atoms with Gasteiger partial charge in [-0.05, 0) is 29.7 Å². The molecule has 0 saturated heterocycles. The second-order valence-electron chi connectivity index (χ2n) is 5.69. The van der Waals surface area contributed by atoms with Crippen LogP contribution in [0.5, 0.6) is 0 Å². The van der Waals surface area contributed by atoms with E-state index in [1.54, 1.807) is 18.2 Å². The average Bonchev–Trinajstić information content (AvgIpc) is 2.89. The molecule has 110 valence electrons. The highest BCUT2D eigenvalue weighted by Gasteiger charge is 2.19. The van der Waals surface area contributed by atoms with Gasteiger partial charge in [-0.25, -0.2) is 4.79 Å². The van der Waals surface area contributed by atoms with Gasteiger partial charge >= 0.3 is 6.03 Å². The zero-order chi connectivity index (χ0) is 15.5. The minimum absolute atomic E-state index is 0.00447. The number of urea groups is 1. The summed E-state index contributed by atoms with van der Waals surface area (Å²) in [6, 6.07) is 12.1. The topological polar surface area (TPSA) is 58.2 Å². The molecule has 0 fully saturated rings. The normalized spacial score (nSPS) is 11.0. The molecule has 0 aliphatic heterocycles. The minimum atomic E-state index is -0.531. The van der Waals surface area contributed by atoms with Gasteiger partial charge in [-0.15, -0.1) is 11.3 Å². The molecule has 5 heteroatoms. The Kier molecular flexibility index (Phi) is 4.43. The van der Waals surface area contributed by atoms with Crippen molar-refractivity contribution in [1.29, 1.82) is 0 Å². The van der Waals surface area contributed by atoms with E-state index in [-0.39, 0.29) is 11.3 Å². The number of amides is 3. The number of hydrogen-bond acceptors (Lipinski definition) is 3. The van der Waals surface area contributed by atoms with Crippen molar-refractivity contribution in [3.8, 4) is 0 Å². The Morgan fingerprint density at radius 3 is 2.24 bits per heavy atom. The lowest BCUT2D eigenvalue weighted by Gasteiger charge is -2.15. The van der Waals surface area contributed by atoms with Crippen LogP contribution >= 0.6 is 11.3 Å². The molecule has 0 atom stereocenters. The van der Waals surface area contributed by atoms with E-state index < -0.39 is 6.03 Å². The predicted molar refractivity (Wildman–Crippen MR) is 85.9 cm³/mol. The zero-order valence-electron chi connectivity index (χ0n) is 12.3. The van der Waals surface area contributed by atoms with Crippen LogP contribution in [0.2, 0.25) is 0 Å². The molecule has 0 bridgehead atoms. The van der Waals surface area contributed by atoms with Crippen molar-refractivity contribution >= 4 is 29.0 Å². The fourth-order valence-corrected chi connectivity index (χ4v) is 2.67. The molecular formula is C16H18N2O2S. The van der Waals surface area contributed by atoms with Crippen LogP contribution in [0, 0.1) is 0 Å². The number of rotatable bonds is 2. The van der Waals surface area contributed by atoms with E-state index in [2.05, 4.69) is 31.4 Å². The van der Waals surface area contributed by atoms with Crippen LogP contribution in [0.1, 0.15) is 35.3 Å². The minimum Gasteiger partial charge on any atom is -0.308 e. The average molecular weight is 302 g/mol. The van der Waals surface area contributed by atoms with Gasteiger partial charge in [0.2, 0.25) is 0 Å². The number of para-hydroxylation sites is 1. The molecule has 1 heterocycles. The molecule has 0 aliphatic carbocycles. The number of anilines is 1. The van der Waals surface area contributed by atoms with Gasteiger partial charge in [0.25, 0.3) is 5.91 Å². The molecule has 0 spiro atoms. The third-order valence-electron chi connectivity index (χ3n) is 2.83. The molecule has 1 aromatic carbocycles. The molecule has 21 heavy (non-hydrogen) atoms. The summed E-state index contributed by atoms with van der Waals surface area (Å²) >= 11 is 1.40. The van der Waals surface area contributed by atoms with E-state index in [9.17, 15) is 9.59 Å². The smallest absolute Gasteiger partial charge is 0.308 e. The second-order valence-corrected chi connectivity index (χ2v) is 6.77. The third-order valence-corrected chi connectivity index (χ3v) is 4.34.